The molecule has 3 rings (SSSR count). The Hall–Kier alpha value is -2.61. The van der Waals surface area contributed by atoms with Crippen LogP contribution in [-0.4, -0.2) is 101 Å². The molecule has 2 aliphatic rings. The number of carboxylic acid groups (broad SMARTS) is 1. The van der Waals surface area contributed by atoms with Crippen molar-refractivity contribution in [2.24, 2.45) is 0 Å². The summed E-state index contributed by atoms with van der Waals surface area (Å²) < 4.78 is 0. The number of amides is 3. The third kappa shape index (κ3) is 5.55. The highest BCUT2D eigenvalue weighted by Gasteiger charge is 2.43. The molecule has 8 nitrogen and oxygen atoms in total. The first-order valence-electron chi connectivity index (χ1n) is 11.2. The van der Waals surface area contributed by atoms with Gasteiger partial charge in [0.15, 0.2) is 0 Å². The number of nitrogens with zero attached hydrogens (tertiary/aromatic N) is 4. The largest absolute Gasteiger partial charge is 0.480 e. The zero-order chi connectivity index (χ0) is 22.4. The summed E-state index contributed by atoms with van der Waals surface area (Å²) in [5.74, 6) is -1.24. The monoisotopic (exact) mass is 430 g/mol. The maximum Gasteiger partial charge on any atom is 0.326 e. The van der Waals surface area contributed by atoms with Crippen LogP contribution in [0.4, 0.5) is 4.79 Å². The fourth-order valence-electron chi connectivity index (χ4n) is 4.37. The smallest absolute Gasteiger partial charge is 0.326 e. The number of likely N-dealkylation sites (N-methyl/N-ethyl adjacent to an activating group) is 1. The number of unbranched alkanes of at least 4 members (excludes halogenated alkanes) is 1. The van der Waals surface area contributed by atoms with E-state index >= 15 is 0 Å². The van der Waals surface area contributed by atoms with E-state index in [2.05, 4.69) is 4.90 Å². The average Bonchev–Trinajstić information content (AvgIpc) is 2.77. The summed E-state index contributed by atoms with van der Waals surface area (Å²) in [6.45, 7) is 5.49. The molecule has 8 heteroatoms. The van der Waals surface area contributed by atoms with Crippen molar-refractivity contribution >= 4 is 17.9 Å². The highest BCUT2D eigenvalue weighted by Crippen LogP contribution is 2.22. The maximum absolute atomic E-state index is 13.5. The molecule has 0 spiro atoms. The van der Waals surface area contributed by atoms with Crippen molar-refractivity contribution in [3.63, 3.8) is 0 Å². The van der Waals surface area contributed by atoms with Crippen molar-refractivity contribution < 1.29 is 19.5 Å². The van der Waals surface area contributed by atoms with Crippen LogP contribution in [0.5, 0.6) is 0 Å². The number of carboxylic acids is 1. The molecular weight excluding hydrogens is 396 g/mol. The number of hydrogen-bond acceptors (Lipinski definition) is 4. The van der Waals surface area contributed by atoms with E-state index in [-0.39, 0.29) is 18.5 Å². The first-order valence-corrected chi connectivity index (χ1v) is 11.2. The van der Waals surface area contributed by atoms with E-state index < -0.39 is 18.1 Å². The van der Waals surface area contributed by atoms with Gasteiger partial charge in [0.2, 0.25) is 5.91 Å². The molecule has 170 valence electrons. The molecule has 0 saturated carbocycles. The van der Waals surface area contributed by atoms with E-state index in [9.17, 15) is 19.5 Å². The quantitative estimate of drug-likeness (QED) is 0.713. The molecule has 2 atom stereocenters. The normalized spacial score (nSPS) is 21.3. The van der Waals surface area contributed by atoms with Crippen molar-refractivity contribution in [2.75, 3.05) is 46.3 Å². The highest BCUT2D eigenvalue weighted by atomic mass is 16.4. The lowest BCUT2D eigenvalue weighted by Crippen LogP contribution is -2.65. The van der Waals surface area contributed by atoms with Crippen LogP contribution in [-0.2, 0) is 16.0 Å². The second-order valence-electron chi connectivity index (χ2n) is 8.50. The lowest BCUT2D eigenvalue weighted by Gasteiger charge is -2.45. The summed E-state index contributed by atoms with van der Waals surface area (Å²) in [6, 6.07) is 7.97. The summed E-state index contributed by atoms with van der Waals surface area (Å²) in [4.78, 5) is 45.9. The third-order valence-electron chi connectivity index (χ3n) is 6.31. The van der Waals surface area contributed by atoms with Gasteiger partial charge in [0.1, 0.15) is 12.1 Å². The predicted octanol–water partition coefficient (Wildman–Crippen LogP) is 1.75. The molecule has 2 heterocycles. The number of urea groups is 1. The maximum atomic E-state index is 13.5. The molecular formula is C23H34N4O4. The molecule has 0 radical (unpaired) electrons. The van der Waals surface area contributed by atoms with Crippen LogP contribution < -0.4 is 0 Å². The predicted molar refractivity (Wildman–Crippen MR) is 118 cm³/mol. The molecule has 1 aromatic carbocycles. The molecule has 3 amide bonds. The summed E-state index contributed by atoms with van der Waals surface area (Å²) in [5, 5.41) is 9.76. The van der Waals surface area contributed by atoms with Crippen molar-refractivity contribution in [2.45, 2.75) is 44.7 Å². The van der Waals surface area contributed by atoms with Crippen molar-refractivity contribution in [1.29, 1.82) is 0 Å². The molecule has 31 heavy (non-hydrogen) atoms. The van der Waals surface area contributed by atoms with Crippen molar-refractivity contribution in [3.05, 3.63) is 35.9 Å². The number of benzene rings is 1. The Morgan fingerprint density at radius 2 is 1.74 bits per heavy atom. The van der Waals surface area contributed by atoms with Crippen LogP contribution in [0.2, 0.25) is 0 Å². The number of piperazine rings is 2. The summed E-state index contributed by atoms with van der Waals surface area (Å²) in [6.07, 6.45) is 2.43. The van der Waals surface area contributed by atoms with E-state index in [1.54, 1.807) is 4.90 Å². The Kier molecular flexibility index (Phi) is 7.90. The van der Waals surface area contributed by atoms with Gasteiger partial charge in [0.05, 0.1) is 0 Å². The Morgan fingerprint density at radius 3 is 2.35 bits per heavy atom. The fraction of sp³-hybridized carbons (Fsp3) is 0.609. The SMILES string of the molecule is CCCC[C@@H](C(=O)O)N1CCN(C(=O)N2CCN(C)CC2)[C@H](Cc2ccccc2)C1=O. The first kappa shape index (κ1) is 23.1. The molecule has 1 N–H and O–H groups in total. The Labute approximate surface area is 184 Å². The molecule has 0 aliphatic carbocycles. The van der Waals surface area contributed by atoms with Gasteiger partial charge in [-0.3, -0.25) is 4.79 Å². The van der Waals surface area contributed by atoms with Gasteiger partial charge in [0.25, 0.3) is 0 Å². The van der Waals surface area contributed by atoms with Crippen LogP contribution >= 0.6 is 0 Å². The standard InChI is InChI=1S/C23H34N4O4/c1-3-4-10-19(22(29)30)26-15-16-27(23(31)25-13-11-24(2)12-14-25)20(21(26)28)17-18-8-6-5-7-9-18/h5-9,19-20H,3-4,10-17H2,1-2H3,(H,29,30)/t19-,20+/m0/s1. The number of hydrogen-bond donors (Lipinski definition) is 1. The van der Waals surface area contributed by atoms with E-state index in [0.29, 0.717) is 32.5 Å². The van der Waals surface area contributed by atoms with Gasteiger partial charge in [-0.05, 0) is 19.0 Å². The summed E-state index contributed by atoms with van der Waals surface area (Å²) >= 11 is 0. The molecule has 1 aromatic rings. The number of aliphatic carboxylic acids is 1. The van der Waals surface area contributed by atoms with E-state index in [1.165, 1.54) is 4.90 Å². The van der Waals surface area contributed by atoms with Gasteiger partial charge in [-0.1, -0.05) is 50.1 Å². The van der Waals surface area contributed by atoms with Gasteiger partial charge < -0.3 is 24.7 Å². The number of rotatable bonds is 7. The van der Waals surface area contributed by atoms with Gasteiger partial charge in [-0.15, -0.1) is 0 Å². The molecule has 0 unspecified atom stereocenters. The van der Waals surface area contributed by atoms with Crippen LogP contribution in [0.1, 0.15) is 31.7 Å². The molecule has 2 fully saturated rings. The third-order valence-corrected chi connectivity index (χ3v) is 6.31. The van der Waals surface area contributed by atoms with Crippen LogP contribution in [0.25, 0.3) is 0 Å². The van der Waals surface area contributed by atoms with Gasteiger partial charge >= 0.3 is 12.0 Å². The highest BCUT2D eigenvalue weighted by molar-refractivity contribution is 5.91. The number of carbonyl (C=O) groups is 3. The summed E-state index contributed by atoms with van der Waals surface area (Å²) in [5.41, 5.74) is 0.958. The topological polar surface area (TPSA) is 84.4 Å². The lowest BCUT2D eigenvalue weighted by molar-refractivity contribution is -0.155. The van der Waals surface area contributed by atoms with Crippen molar-refractivity contribution in [1.82, 2.24) is 19.6 Å². The minimum absolute atomic E-state index is 0.123. The second kappa shape index (κ2) is 10.6. The van der Waals surface area contributed by atoms with Crippen LogP contribution in [0, 0.1) is 0 Å². The Morgan fingerprint density at radius 1 is 1.06 bits per heavy atom. The van der Waals surface area contributed by atoms with E-state index in [1.807, 2.05) is 49.2 Å². The first-order chi connectivity index (χ1) is 14.9. The Bertz CT molecular complexity index is 764. The number of carbonyl (C=O) groups excluding carboxylic acids is 2. The van der Waals surface area contributed by atoms with Crippen molar-refractivity contribution in [3.8, 4) is 0 Å². The fourth-order valence-corrected chi connectivity index (χ4v) is 4.37. The zero-order valence-electron chi connectivity index (χ0n) is 18.6. The molecule has 2 saturated heterocycles. The second-order valence-corrected chi connectivity index (χ2v) is 8.50. The van der Waals surface area contributed by atoms with Gasteiger partial charge in [-0.25, -0.2) is 9.59 Å². The Balaban J connectivity index is 1.83. The summed E-state index contributed by atoms with van der Waals surface area (Å²) in [7, 11) is 2.03. The van der Waals surface area contributed by atoms with Gasteiger partial charge in [0, 0.05) is 45.7 Å². The van der Waals surface area contributed by atoms with Gasteiger partial charge in [-0.2, -0.15) is 0 Å². The molecule has 2 aliphatic heterocycles. The lowest BCUT2D eigenvalue weighted by atomic mass is 9.98. The van der Waals surface area contributed by atoms with E-state index in [4.69, 9.17) is 0 Å². The minimum Gasteiger partial charge on any atom is -0.480 e. The molecule has 0 aromatic heterocycles. The zero-order valence-corrected chi connectivity index (χ0v) is 18.6. The van der Waals surface area contributed by atoms with E-state index in [0.717, 1.165) is 31.5 Å². The van der Waals surface area contributed by atoms with Crippen LogP contribution in [0.15, 0.2) is 30.3 Å². The molecule has 0 bridgehead atoms. The minimum atomic E-state index is -0.973. The van der Waals surface area contributed by atoms with Crippen LogP contribution in [0.3, 0.4) is 0 Å². The average molecular weight is 431 g/mol.